The Morgan fingerprint density at radius 3 is 2.68 bits per heavy atom. The summed E-state index contributed by atoms with van der Waals surface area (Å²) in [6.45, 7) is 0. The minimum absolute atomic E-state index is 0.140. The molecule has 1 unspecified atom stereocenters. The topological polar surface area (TPSA) is 38.3 Å². The van der Waals surface area contributed by atoms with Crippen molar-refractivity contribution in [3.63, 3.8) is 0 Å². The minimum atomic E-state index is 0.140. The fourth-order valence-corrected chi connectivity index (χ4v) is 2.50. The maximum Gasteiger partial charge on any atom is 0.211 e. The van der Waals surface area contributed by atoms with Gasteiger partial charge in [-0.25, -0.2) is 0 Å². The third-order valence-corrected chi connectivity index (χ3v) is 3.44. The summed E-state index contributed by atoms with van der Waals surface area (Å²) in [5, 5.41) is 2.61. The van der Waals surface area contributed by atoms with E-state index in [1.807, 2.05) is 24.3 Å². The number of hydrogen-bond acceptors (Lipinski definition) is 2. The molecule has 19 heavy (non-hydrogen) atoms. The van der Waals surface area contributed by atoms with Crippen molar-refractivity contribution in [3.05, 3.63) is 59.7 Å². The summed E-state index contributed by atoms with van der Waals surface area (Å²) in [6.07, 6.45) is 2.91. The first-order valence-electron chi connectivity index (χ1n) is 6.41. The molecule has 3 rings (SSSR count). The summed E-state index contributed by atoms with van der Waals surface area (Å²) in [6, 6.07) is 15.9. The molecule has 0 saturated carbocycles. The molecule has 0 bridgehead atoms. The average Bonchev–Trinajstić information content (AvgIpc) is 2.85. The van der Waals surface area contributed by atoms with E-state index >= 15 is 0 Å². The van der Waals surface area contributed by atoms with Crippen molar-refractivity contribution in [2.24, 2.45) is 0 Å². The molecule has 2 aromatic carbocycles. The number of nitrogens with one attached hydrogen (secondary N) is 1. The fourth-order valence-electron chi connectivity index (χ4n) is 2.50. The Hall–Kier alpha value is -2.29. The van der Waals surface area contributed by atoms with Crippen molar-refractivity contribution in [1.82, 2.24) is 0 Å². The lowest BCUT2D eigenvalue weighted by molar-refractivity contribution is -0.105. The predicted molar refractivity (Wildman–Crippen MR) is 74.3 cm³/mol. The Morgan fingerprint density at radius 2 is 1.89 bits per heavy atom. The van der Waals surface area contributed by atoms with Crippen molar-refractivity contribution < 1.29 is 9.53 Å². The van der Waals surface area contributed by atoms with Gasteiger partial charge in [0.25, 0.3) is 0 Å². The van der Waals surface area contributed by atoms with Crippen LogP contribution in [0.5, 0.6) is 5.75 Å². The number of benzene rings is 2. The Labute approximate surface area is 112 Å². The second-order valence-electron chi connectivity index (χ2n) is 4.63. The molecule has 96 valence electrons. The molecule has 0 fully saturated rings. The number of ether oxygens (including phenoxy) is 1. The molecule has 3 heteroatoms. The molecule has 0 heterocycles. The summed E-state index contributed by atoms with van der Waals surface area (Å²) in [7, 11) is 0. The van der Waals surface area contributed by atoms with Crippen LogP contribution in [0.1, 0.15) is 23.7 Å². The van der Waals surface area contributed by atoms with Gasteiger partial charge in [-0.3, -0.25) is 4.79 Å². The Balaban J connectivity index is 1.74. The Bertz CT molecular complexity index is 578. The van der Waals surface area contributed by atoms with E-state index in [0.717, 1.165) is 24.3 Å². The molecule has 1 aliphatic carbocycles. The van der Waals surface area contributed by atoms with Gasteiger partial charge in [-0.15, -0.1) is 0 Å². The smallest absolute Gasteiger partial charge is 0.211 e. The highest BCUT2D eigenvalue weighted by Crippen LogP contribution is 2.34. The van der Waals surface area contributed by atoms with Crippen LogP contribution < -0.4 is 10.1 Å². The lowest BCUT2D eigenvalue weighted by atomic mass is 10.1. The van der Waals surface area contributed by atoms with E-state index in [0.29, 0.717) is 6.41 Å². The number of anilines is 1. The maximum absolute atomic E-state index is 10.3. The Kier molecular flexibility index (Phi) is 3.19. The van der Waals surface area contributed by atoms with Crippen LogP contribution in [0.4, 0.5) is 5.69 Å². The molecule has 1 atom stereocenters. The van der Waals surface area contributed by atoms with Crippen molar-refractivity contribution >= 4 is 12.1 Å². The van der Waals surface area contributed by atoms with Crippen LogP contribution in [0.25, 0.3) is 0 Å². The summed E-state index contributed by atoms with van der Waals surface area (Å²) < 4.78 is 6.02. The molecular weight excluding hydrogens is 238 g/mol. The zero-order chi connectivity index (χ0) is 13.1. The minimum Gasteiger partial charge on any atom is -0.486 e. The molecule has 1 N–H and O–H groups in total. The van der Waals surface area contributed by atoms with E-state index in [1.54, 1.807) is 0 Å². The first kappa shape index (κ1) is 11.8. The quantitative estimate of drug-likeness (QED) is 0.849. The molecule has 0 radical (unpaired) electrons. The molecule has 0 aliphatic heterocycles. The molecule has 3 nitrogen and oxygen atoms in total. The third kappa shape index (κ3) is 2.45. The van der Waals surface area contributed by atoms with E-state index in [-0.39, 0.29) is 6.10 Å². The molecule has 1 amide bonds. The monoisotopic (exact) mass is 253 g/mol. The summed E-state index contributed by atoms with van der Waals surface area (Å²) >= 11 is 0. The fraction of sp³-hybridized carbons (Fsp3) is 0.188. The van der Waals surface area contributed by atoms with Gasteiger partial charge in [0.1, 0.15) is 11.9 Å². The van der Waals surface area contributed by atoms with Crippen LogP contribution in [0.2, 0.25) is 0 Å². The number of fused-ring (bicyclic) bond motifs is 1. The van der Waals surface area contributed by atoms with Gasteiger partial charge in [0, 0.05) is 5.69 Å². The first-order chi connectivity index (χ1) is 9.36. The molecular formula is C16H15NO2. The van der Waals surface area contributed by atoms with E-state index in [2.05, 4.69) is 29.6 Å². The van der Waals surface area contributed by atoms with Gasteiger partial charge in [-0.05, 0) is 48.2 Å². The number of rotatable bonds is 4. The summed E-state index contributed by atoms with van der Waals surface area (Å²) in [4.78, 5) is 10.3. The highest BCUT2D eigenvalue weighted by Gasteiger charge is 2.23. The molecule has 0 spiro atoms. The van der Waals surface area contributed by atoms with E-state index in [9.17, 15) is 4.79 Å². The molecule has 0 saturated heterocycles. The number of aryl methyl sites for hydroxylation is 1. The second-order valence-corrected chi connectivity index (χ2v) is 4.63. The lowest BCUT2D eigenvalue weighted by Gasteiger charge is -2.15. The zero-order valence-corrected chi connectivity index (χ0v) is 10.5. The number of amides is 1. The van der Waals surface area contributed by atoms with E-state index in [4.69, 9.17) is 4.74 Å². The zero-order valence-electron chi connectivity index (χ0n) is 10.5. The van der Waals surface area contributed by atoms with Gasteiger partial charge >= 0.3 is 0 Å². The van der Waals surface area contributed by atoms with Gasteiger partial charge in [-0.1, -0.05) is 24.3 Å². The van der Waals surface area contributed by atoms with Crippen molar-refractivity contribution in [2.45, 2.75) is 18.9 Å². The third-order valence-electron chi connectivity index (χ3n) is 3.44. The van der Waals surface area contributed by atoms with Crippen molar-refractivity contribution in [2.75, 3.05) is 5.32 Å². The SMILES string of the molecule is O=CNc1ccc(OC2CCc3ccccc32)cc1. The van der Waals surface area contributed by atoms with E-state index < -0.39 is 0 Å². The second kappa shape index (κ2) is 5.14. The number of hydrogen-bond donors (Lipinski definition) is 1. The van der Waals surface area contributed by atoms with Crippen LogP contribution in [0.15, 0.2) is 48.5 Å². The predicted octanol–water partition coefficient (Wildman–Crippen LogP) is 3.32. The molecule has 1 aliphatic rings. The highest BCUT2D eigenvalue weighted by molar-refractivity contribution is 5.71. The van der Waals surface area contributed by atoms with Crippen LogP contribution in [-0.2, 0) is 11.2 Å². The maximum atomic E-state index is 10.3. The van der Waals surface area contributed by atoms with Gasteiger partial charge in [0.05, 0.1) is 0 Å². The number of carbonyl (C=O) groups is 1. The van der Waals surface area contributed by atoms with Gasteiger partial charge in [-0.2, -0.15) is 0 Å². The van der Waals surface area contributed by atoms with Gasteiger partial charge in [0.2, 0.25) is 6.41 Å². The van der Waals surface area contributed by atoms with Gasteiger partial charge < -0.3 is 10.1 Å². The first-order valence-corrected chi connectivity index (χ1v) is 6.41. The molecule has 2 aromatic rings. The van der Waals surface area contributed by atoms with Crippen LogP contribution in [0.3, 0.4) is 0 Å². The summed E-state index contributed by atoms with van der Waals surface area (Å²) in [5.74, 6) is 0.832. The standard InChI is InChI=1S/C16H15NO2/c18-11-17-13-6-8-14(9-7-13)19-16-10-5-12-3-1-2-4-15(12)16/h1-4,6-9,11,16H,5,10H2,(H,17,18). The number of carbonyl (C=O) groups excluding carboxylic acids is 1. The van der Waals surface area contributed by atoms with Crippen molar-refractivity contribution in [3.8, 4) is 5.75 Å². The average molecular weight is 253 g/mol. The normalized spacial score (nSPS) is 16.7. The van der Waals surface area contributed by atoms with Gasteiger partial charge in [0.15, 0.2) is 0 Å². The summed E-state index contributed by atoms with van der Waals surface area (Å²) in [5.41, 5.74) is 3.44. The van der Waals surface area contributed by atoms with Crippen LogP contribution in [0, 0.1) is 0 Å². The van der Waals surface area contributed by atoms with E-state index in [1.165, 1.54) is 11.1 Å². The highest BCUT2D eigenvalue weighted by atomic mass is 16.5. The molecule has 0 aromatic heterocycles. The largest absolute Gasteiger partial charge is 0.486 e. The van der Waals surface area contributed by atoms with Crippen LogP contribution >= 0.6 is 0 Å². The lowest BCUT2D eigenvalue weighted by Crippen LogP contribution is -2.03. The Morgan fingerprint density at radius 1 is 1.11 bits per heavy atom. The van der Waals surface area contributed by atoms with Crippen molar-refractivity contribution in [1.29, 1.82) is 0 Å². The van der Waals surface area contributed by atoms with Crippen LogP contribution in [-0.4, -0.2) is 6.41 Å².